The lowest BCUT2D eigenvalue weighted by Crippen LogP contribution is -2.22. The Labute approximate surface area is 101 Å². The highest BCUT2D eigenvalue weighted by Crippen LogP contribution is 2.26. The van der Waals surface area contributed by atoms with Gasteiger partial charge in [0.05, 0.1) is 0 Å². The van der Waals surface area contributed by atoms with Crippen LogP contribution in [0.15, 0.2) is 18.2 Å². The zero-order valence-corrected chi connectivity index (χ0v) is 10.0. The topological polar surface area (TPSA) is 66.6 Å². The molecule has 1 aromatic rings. The Hall–Kier alpha value is -1.55. The molecule has 3 N–H and O–H groups in total. The number of hydrogen-bond donors (Lipinski definition) is 2. The van der Waals surface area contributed by atoms with Gasteiger partial charge in [0.25, 0.3) is 0 Å². The van der Waals surface area contributed by atoms with Crippen LogP contribution in [0.2, 0.25) is 0 Å². The first-order valence-electron chi connectivity index (χ1n) is 5.93. The van der Waals surface area contributed by atoms with Crippen LogP contribution in [0, 0.1) is 6.92 Å². The van der Waals surface area contributed by atoms with Crippen LogP contribution in [0.5, 0.6) is 0 Å². The van der Waals surface area contributed by atoms with Crippen molar-refractivity contribution in [2.75, 3.05) is 18.0 Å². The number of carbonyl (C=O) groups is 1. The molecule has 1 aromatic carbocycles. The second-order valence-corrected chi connectivity index (χ2v) is 4.56. The van der Waals surface area contributed by atoms with Crippen molar-refractivity contribution in [2.24, 2.45) is 5.73 Å². The molecule has 1 fully saturated rings. The predicted octanol–water partition coefficient (Wildman–Crippen LogP) is 1.68. The molecule has 1 atom stereocenters. The molecule has 92 valence electrons. The Morgan fingerprint density at radius 1 is 1.41 bits per heavy atom. The first-order chi connectivity index (χ1) is 8.09. The maximum absolute atomic E-state index is 10.8. The van der Waals surface area contributed by atoms with E-state index in [0.29, 0.717) is 5.56 Å². The van der Waals surface area contributed by atoms with Crippen molar-refractivity contribution >= 4 is 11.7 Å². The Morgan fingerprint density at radius 2 is 2.06 bits per heavy atom. The number of rotatable bonds is 3. The third kappa shape index (κ3) is 2.42. The summed E-state index contributed by atoms with van der Waals surface area (Å²) in [4.78, 5) is 13.2. The number of nitrogens with zero attached hydrogens (tertiary/aromatic N) is 1. The van der Waals surface area contributed by atoms with E-state index in [2.05, 4.69) is 4.90 Å². The van der Waals surface area contributed by atoms with Crippen LogP contribution < -0.4 is 10.6 Å². The zero-order chi connectivity index (χ0) is 12.4. The lowest BCUT2D eigenvalue weighted by molar-refractivity contribution is -0.138. The summed E-state index contributed by atoms with van der Waals surface area (Å²) in [6, 6.07) is 4.76. The highest BCUT2D eigenvalue weighted by Gasteiger charge is 2.18. The van der Waals surface area contributed by atoms with Crippen molar-refractivity contribution in [3.63, 3.8) is 0 Å². The fourth-order valence-corrected chi connectivity index (χ4v) is 2.33. The number of carboxylic acids is 1. The van der Waals surface area contributed by atoms with E-state index < -0.39 is 12.0 Å². The van der Waals surface area contributed by atoms with Crippen LogP contribution in [0.4, 0.5) is 5.69 Å². The molecule has 4 nitrogen and oxygen atoms in total. The van der Waals surface area contributed by atoms with Crippen molar-refractivity contribution in [3.8, 4) is 0 Å². The molecule has 17 heavy (non-hydrogen) atoms. The number of anilines is 1. The molecular formula is C13H18N2O2. The predicted molar refractivity (Wildman–Crippen MR) is 67.2 cm³/mol. The number of carboxylic acid groups (broad SMARTS) is 1. The summed E-state index contributed by atoms with van der Waals surface area (Å²) in [5.74, 6) is -0.988. The molecule has 1 aliphatic heterocycles. The van der Waals surface area contributed by atoms with Crippen LogP contribution in [0.3, 0.4) is 0 Å². The third-order valence-electron chi connectivity index (χ3n) is 3.29. The van der Waals surface area contributed by atoms with E-state index in [0.717, 1.165) is 18.7 Å². The van der Waals surface area contributed by atoms with Crippen LogP contribution in [-0.4, -0.2) is 24.2 Å². The molecule has 1 heterocycles. The van der Waals surface area contributed by atoms with Crippen LogP contribution >= 0.6 is 0 Å². The molecule has 1 aliphatic rings. The molecule has 0 unspecified atom stereocenters. The molecule has 1 saturated heterocycles. The lowest BCUT2D eigenvalue weighted by Gasteiger charge is -2.21. The lowest BCUT2D eigenvalue weighted by atomic mass is 10.0. The minimum atomic E-state index is -0.988. The summed E-state index contributed by atoms with van der Waals surface area (Å²) in [5.41, 5.74) is 8.56. The molecule has 0 aromatic heterocycles. The fourth-order valence-electron chi connectivity index (χ4n) is 2.33. The largest absolute Gasteiger partial charge is 0.480 e. The summed E-state index contributed by atoms with van der Waals surface area (Å²) < 4.78 is 0. The Bertz CT molecular complexity index is 425. The quantitative estimate of drug-likeness (QED) is 0.835. The van der Waals surface area contributed by atoms with E-state index in [4.69, 9.17) is 10.8 Å². The van der Waals surface area contributed by atoms with Gasteiger partial charge in [-0.1, -0.05) is 12.1 Å². The summed E-state index contributed by atoms with van der Waals surface area (Å²) in [5, 5.41) is 8.87. The molecule has 2 rings (SSSR count). The van der Waals surface area contributed by atoms with Crippen molar-refractivity contribution < 1.29 is 9.90 Å². The van der Waals surface area contributed by atoms with Gasteiger partial charge in [-0.05, 0) is 37.0 Å². The summed E-state index contributed by atoms with van der Waals surface area (Å²) >= 11 is 0. The van der Waals surface area contributed by atoms with E-state index >= 15 is 0 Å². The second kappa shape index (κ2) is 4.75. The monoisotopic (exact) mass is 234 g/mol. The smallest absolute Gasteiger partial charge is 0.325 e. The Balaban J connectivity index is 2.25. The molecule has 0 bridgehead atoms. The Kier molecular flexibility index (Phi) is 3.33. The standard InChI is InChI=1S/C13H18N2O2/c1-9-8-10(12(14)13(16)17)4-5-11(9)15-6-2-3-7-15/h4-5,8,12H,2-3,6-7,14H2,1H3,(H,16,17)/t12-/m0/s1. The van der Waals surface area contributed by atoms with Gasteiger partial charge in [-0.15, -0.1) is 0 Å². The average Bonchev–Trinajstić information content (AvgIpc) is 2.81. The summed E-state index contributed by atoms with van der Waals surface area (Å²) in [6.45, 7) is 4.18. The Morgan fingerprint density at radius 3 is 2.59 bits per heavy atom. The van der Waals surface area contributed by atoms with Crippen molar-refractivity contribution in [2.45, 2.75) is 25.8 Å². The van der Waals surface area contributed by atoms with E-state index in [1.807, 2.05) is 25.1 Å². The van der Waals surface area contributed by atoms with E-state index in [1.54, 1.807) is 0 Å². The summed E-state index contributed by atoms with van der Waals surface area (Å²) in [6.07, 6.45) is 2.46. The number of nitrogens with two attached hydrogens (primary N) is 1. The molecule has 0 amide bonds. The minimum absolute atomic E-state index is 0.665. The van der Waals surface area contributed by atoms with Crippen LogP contribution in [-0.2, 0) is 4.79 Å². The number of aliphatic carboxylic acids is 1. The average molecular weight is 234 g/mol. The van der Waals surface area contributed by atoms with Gasteiger partial charge in [0.15, 0.2) is 0 Å². The van der Waals surface area contributed by atoms with Gasteiger partial charge >= 0.3 is 5.97 Å². The highest BCUT2D eigenvalue weighted by atomic mass is 16.4. The SMILES string of the molecule is Cc1cc([C@H](N)C(=O)O)ccc1N1CCCC1. The van der Waals surface area contributed by atoms with Gasteiger partial charge in [-0.2, -0.15) is 0 Å². The zero-order valence-electron chi connectivity index (χ0n) is 10.0. The normalized spacial score (nSPS) is 17.2. The van der Waals surface area contributed by atoms with E-state index in [-0.39, 0.29) is 0 Å². The maximum Gasteiger partial charge on any atom is 0.325 e. The number of benzene rings is 1. The van der Waals surface area contributed by atoms with Crippen LogP contribution in [0.25, 0.3) is 0 Å². The molecule has 0 radical (unpaired) electrons. The molecule has 0 spiro atoms. The first kappa shape index (κ1) is 11.9. The highest BCUT2D eigenvalue weighted by molar-refractivity contribution is 5.75. The maximum atomic E-state index is 10.8. The second-order valence-electron chi connectivity index (χ2n) is 4.56. The molecule has 4 heteroatoms. The van der Waals surface area contributed by atoms with Gasteiger partial charge < -0.3 is 15.7 Å². The minimum Gasteiger partial charge on any atom is -0.480 e. The fraction of sp³-hybridized carbons (Fsp3) is 0.462. The van der Waals surface area contributed by atoms with Gasteiger partial charge in [0.1, 0.15) is 6.04 Å². The van der Waals surface area contributed by atoms with E-state index in [9.17, 15) is 4.79 Å². The summed E-state index contributed by atoms with van der Waals surface area (Å²) in [7, 11) is 0. The van der Waals surface area contributed by atoms with E-state index in [1.165, 1.54) is 18.5 Å². The van der Waals surface area contributed by atoms with Gasteiger partial charge in [0, 0.05) is 18.8 Å². The van der Waals surface area contributed by atoms with Gasteiger partial charge in [0.2, 0.25) is 0 Å². The molecule has 0 saturated carbocycles. The van der Waals surface area contributed by atoms with Gasteiger partial charge in [-0.25, -0.2) is 0 Å². The van der Waals surface area contributed by atoms with Crippen molar-refractivity contribution in [3.05, 3.63) is 29.3 Å². The number of hydrogen-bond acceptors (Lipinski definition) is 3. The van der Waals surface area contributed by atoms with Gasteiger partial charge in [-0.3, -0.25) is 4.79 Å². The van der Waals surface area contributed by atoms with Crippen molar-refractivity contribution in [1.29, 1.82) is 0 Å². The molecule has 0 aliphatic carbocycles. The first-order valence-corrected chi connectivity index (χ1v) is 5.93. The van der Waals surface area contributed by atoms with Crippen molar-refractivity contribution in [1.82, 2.24) is 0 Å². The van der Waals surface area contributed by atoms with Crippen LogP contribution in [0.1, 0.15) is 30.0 Å². The third-order valence-corrected chi connectivity index (χ3v) is 3.29. The molecular weight excluding hydrogens is 216 g/mol. The number of aryl methyl sites for hydroxylation is 1.